The van der Waals surface area contributed by atoms with Gasteiger partial charge in [-0.05, 0) is 37.3 Å². The van der Waals surface area contributed by atoms with Gasteiger partial charge >= 0.3 is 5.97 Å². The largest absolute Gasteiger partial charge is 0.493 e. The number of fused-ring (bicyclic) bond motifs is 1. The maximum Gasteiger partial charge on any atom is 0.324 e. The molecule has 0 aliphatic carbocycles. The molecule has 2 atom stereocenters. The minimum absolute atomic E-state index is 0.0906. The molecular weight excluding hydrogens is 450 g/mol. The summed E-state index contributed by atoms with van der Waals surface area (Å²) >= 11 is 0. The van der Waals surface area contributed by atoms with Gasteiger partial charge in [0.15, 0.2) is 6.61 Å². The zero-order valence-corrected chi connectivity index (χ0v) is 19.0. The number of hydrogen-bond donors (Lipinski definition) is 3. The predicted octanol–water partition coefficient (Wildman–Crippen LogP) is 1.49. The van der Waals surface area contributed by atoms with E-state index in [0.29, 0.717) is 24.5 Å². The van der Waals surface area contributed by atoms with Crippen molar-refractivity contribution in [3.8, 4) is 5.75 Å². The first-order valence-electron chi connectivity index (χ1n) is 10.2. The number of carbonyl (C=O) groups is 3. The number of sulfonamides is 1. The fraction of sp³-hybridized carbons (Fsp3) is 0.318. The van der Waals surface area contributed by atoms with Crippen LogP contribution in [0.1, 0.15) is 31.9 Å². The first kappa shape index (κ1) is 24.2. The van der Waals surface area contributed by atoms with Crippen LogP contribution in [0.2, 0.25) is 0 Å². The minimum atomic E-state index is -4.02. The van der Waals surface area contributed by atoms with Crippen molar-refractivity contribution in [3.05, 3.63) is 54.1 Å². The second kappa shape index (κ2) is 10.5. The molecule has 2 aromatic carbocycles. The van der Waals surface area contributed by atoms with Crippen molar-refractivity contribution in [1.82, 2.24) is 10.0 Å². The number of amides is 2. The quantitative estimate of drug-likeness (QED) is 0.492. The Morgan fingerprint density at radius 1 is 1.12 bits per heavy atom. The molecule has 0 spiro atoms. The second-order valence-corrected chi connectivity index (χ2v) is 9.17. The van der Waals surface area contributed by atoms with E-state index in [1.54, 1.807) is 0 Å². The van der Waals surface area contributed by atoms with Gasteiger partial charge in [0, 0.05) is 24.6 Å². The van der Waals surface area contributed by atoms with Crippen molar-refractivity contribution in [2.75, 3.05) is 18.5 Å². The van der Waals surface area contributed by atoms with E-state index in [0.717, 1.165) is 5.56 Å². The van der Waals surface area contributed by atoms with Crippen LogP contribution in [-0.4, -0.2) is 45.5 Å². The number of para-hydroxylation sites is 1. The Morgan fingerprint density at radius 3 is 2.52 bits per heavy atom. The number of rotatable bonds is 8. The summed E-state index contributed by atoms with van der Waals surface area (Å²) in [7, 11) is -4.02. The first-order valence-corrected chi connectivity index (χ1v) is 11.7. The Kier molecular flexibility index (Phi) is 7.67. The maximum absolute atomic E-state index is 12.5. The SMILES string of the molecule is CC(=O)Nc1ccc(S(=O)(=O)N[C@H](C)C(=O)OCC(=O)N[C@H]2CCOc3ccccc32)cc1. The normalized spacial score (nSPS) is 16.0. The predicted molar refractivity (Wildman–Crippen MR) is 119 cm³/mol. The number of benzene rings is 2. The topological polar surface area (TPSA) is 140 Å². The van der Waals surface area contributed by atoms with Gasteiger partial charge in [-0.2, -0.15) is 4.72 Å². The van der Waals surface area contributed by atoms with Crippen LogP contribution < -0.4 is 20.1 Å². The molecule has 0 fully saturated rings. The van der Waals surface area contributed by atoms with Crippen molar-refractivity contribution in [2.24, 2.45) is 0 Å². The molecule has 3 rings (SSSR count). The summed E-state index contributed by atoms with van der Waals surface area (Å²) in [5.74, 6) is -0.992. The van der Waals surface area contributed by atoms with Crippen molar-refractivity contribution >= 4 is 33.5 Å². The van der Waals surface area contributed by atoms with E-state index in [2.05, 4.69) is 15.4 Å². The van der Waals surface area contributed by atoms with Crippen LogP contribution in [0.4, 0.5) is 5.69 Å². The van der Waals surface area contributed by atoms with Crippen molar-refractivity contribution in [1.29, 1.82) is 0 Å². The monoisotopic (exact) mass is 475 g/mol. The molecule has 11 heteroatoms. The van der Waals surface area contributed by atoms with Gasteiger partial charge in [0.05, 0.1) is 17.5 Å². The molecule has 3 N–H and O–H groups in total. The lowest BCUT2D eigenvalue weighted by molar-refractivity contribution is -0.150. The van der Waals surface area contributed by atoms with E-state index in [1.807, 2.05) is 24.3 Å². The highest BCUT2D eigenvalue weighted by atomic mass is 32.2. The van der Waals surface area contributed by atoms with Gasteiger partial charge in [-0.3, -0.25) is 14.4 Å². The van der Waals surface area contributed by atoms with Gasteiger partial charge in [0.2, 0.25) is 15.9 Å². The van der Waals surface area contributed by atoms with Crippen LogP contribution in [0.15, 0.2) is 53.4 Å². The molecule has 1 aliphatic heterocycles. The lowest BCUT2D eigenvalue weighted by Gasteiger charge is -2.26. The number of esters is 1. The van der Waals surface area contributed by atoms with E-state index < -0.39 is 34.5 Å². The van der Waals surface area contributed by atoms with Crippen LogP contribution in [-0.2, 0) is 29.1 Å². The maximum atomic E-state index is 12.5. The lowest BCUT2D eigenvalue weighted by atomic mass is 10.0. The number of ether oxygens (including phenoxy) is 2. The highest BCUT2D eigenvalue weighted by molar-refractivity contribution is 7.89. The highest BCUT2D eigenvalue weighted by Crippen LogP contribution is 2.31. The van der Waals surface area contributed by atoms with Gasteiger partial charge in [0.1, 0.15) is 11.8 Å². The second-order valence-electron chi connectivity index (χ2n) is 7.45. The standard InChI is InChI=1S/C22H25N3O7S/c1-14(25-33(29,30)17-9-7-16(8-10-17)23-15(2)26)22(28)32-13-21(27)24-19-11-12-31-20-6-4-3-5-18(19)20/h3-10,14,19,25H,11-13H2,1-2H3,(H,23,26)(H,24,27)/t14-,19+/m1/s1. The average molecular weight is 476 g/mol. The van der Waals surface area contributed by atoms with Crippen LogP contribution >= 0.6 is 0 Å². The molecule has 0 radical (unpaired) electrons. The average Bonchev–Trinajstić information content (AvgIpc) is 2.77. The molecule has 0 bridgehead atoms. The Morgan fingerprint density at radius 2 is 1.82 bits per heavy atom. The molecule has 0 unspecified atom stereocenters. The number of carbonyl (C=O) groups excluding carboxylic acids is 3. The first-order chi connectivity index (χ1) is 15.7. The third-order valence-electron chi connectivity index (χ3n) is 4.81. The molecule has 2 aromatic rings. The lowest BCUT2D eigenvalue weighted by Crippen LogP contribution is -2.41. The van der Waals surface area contributed by atoms with Gasteiger partial charge in [-0.25, -0.2) is 8.42 Å². The smallest absolute Gasteiger partial charge is 0.324 e. The van der Waals surface area contributed by atoms with Crippen molar-refractivity contribution < 1.29 is 32.3 Å². The number of hydrogen-bond acceptors (Lipinski definition) is 7. The molecule has 1 heterocycles. The molecule has 0 saturated carbocycles. The molecule has 1 aliphatic rings. The molecule has 10 nitrogen and oxygen atoms in total. The zero-order valence-electron chi connectivity index (χ0n) is 18.2. The van der Waals surface area contributed by atoms with E-state index in [1.165, 1.54) is 38.1 Å². The van der Waals surface area contributed by atoms with Crippen LogP contribution in [0.25, 0.3) is 0 Å². The van der Waals surface area contributed by atoms with Crippen LogP contribution in [0, 0.1) is 0 Å². The summed E-state index contributed by atoms with van der Waals surface area (Å²) in [4.78, 5) is 35.5. The summed E-state index contributed by atoms with van der Waals surface area (Å²) in [6.45, 7) is 2.56. The van der Waals surface area contributed by atoms with Crippen LogP contribution in [0.5, 0.6) is 5.75 Å². The minimum Gasteiger partial charge on any atom is -0.493 e. The highest BCUT2D eigenvalue weighted by Gasteiger charge is 2.26. The van der Waals surface area contributed by atoms with Gasteiger partial charge in [0.25, 0.3) is 5.91 Å². The molecule has 2 amide bonds. The Bertz CT molecular complexity index is 1130. The molecular formula is C22H25N3O7S. The van der Waals surface area contributed by atoms with Crippen LogP contribution in [0.3, 0.4) is 0 Å². The fourth-order valence-corrected chi connectivity index (χ4v) is 4.45. The zero-order chi connectivity index (χ0) is 24.0. The Balaban J connectivity index is 1.51. The van der Waals surface area contributed by atoms with E-state index in [4.69, 9.17) is 9.47 Å². The molecule has 176 valence electrons. The van der Waals surface area contributed by atoms with Gasteiger partial charge in [-0.15, -0.1) is 0 Å². The molecule has 0 saturated heterocycles. The van der Waals surface area contributed by atoms with Crippen molar-refractivity contribution in [2.45, 2.75) is 37.2 Å². The Hall–Kier alpha value is -3.44. The summed E-state index contributed by atoms with van der Waals surface area (Å²) in [6.07, 6.45) is 0.577. The fourth-order valence-electron chi connectivity index (χ4n) is 3.26. The number of anilines is 1. The number of nitrogens with one attached hydrogen (secondary N) is 3. The van der Waals surface area contributed by atoms with E-state index in [9.17, 15) is 22.8 Å². The molecule has 0 aromatic heterocycles. The molecule has 33 heavy (non-hydrogen) atoms. The van der Waals surface area contributed by atoms with E-state index in [-0.39, 0.29) is 16.8 Å². The third-order valence-corrected chi connectivity index (χ3v) is 6.37. The van der Waals surface area contributed by atoms with E-state index >= 15 is 0 Å². The van der Waals surface area contributed by atoms with Crippen molar-refractivity contribution in [3.63, 3.8) is 0 Å². The van der Waals surface area contributed by atoms with Gasteiger partial charge in [-0.1, -0.05) is 18.2 Å². The third kappa shape index (κ3) is 6.53. The summed E-state index contributed by atoms with van der Waals surface area (Å²) < 4.78 is 37.7. The Labute approximate surface area is 191 Å². The summed E-state index contributed by atoms with van der Waals surface area (Å²) in [5.41, 5.74) is 1.28. The van der Waals surface area contributed by atoms with Gasteiger partial charge < -0.3 is 20.1 Å². The summed E-state index contributed by atoms with van der Waals surface area (Å²) in [5, 5.41) is 5.33. The summed E-state index contributed by atoms with van der Waals surface area (Å²) in [6, 6.07) is 11.3.